The van der Waals surface area contributed by atoms with Crippen LogP contribution in [0.5, 0.6) is 0 Å². The van der Waals surface area contributed by atoms with Crippen LogP contribution in [0.25, 0.3) is 0 Å². The van der Waals surface area contributed by atoms with Crippen molar-refractivity contribution in [3.63, 3.8) is 0 Å². The summed E-state index contributed by atoms with van der Waals surface area (Å²) in [5.41, 5.74) is -2.95. The molecule has 0 aliphatic carbocycles. The fourth-order valence-corrected chi connectivity index (χ4v) is 2.77. The molecule has 1 amide bonds. The third kappa shape index (κ3) is 6.45. The second-order valence-corrected chi connectivity index (χ2v) is 8.13. The first kappa shape index (κ1) is 28.9. The summed E-state index contributed by atoms with van der Waals surface area (Å²) >= 11 is 0. The Hall–Kier alpha value is -2.08. The first-order valence-electron chi connectivity index (χ1n) is 9.33. The monoisotopic (exact) mass is 469 g/mol. The minimum atomic E-state index is -6.81. The van der Waals surface area contributed by atoms with Gasteiger partial charge in [0.2, 0.25) is 0 Å². The molecule has 1 atom stereocenters. The topological polar surface area (TPSA) is 94.9 Å². The Morgan fingerprint density at radius 1 is 0.839 bits per heavy atom. The normalized spacial score (nSPS) is 15.1. The Morgan fingerprint density at radius 2 is 1.29 bits per heavy atom. The number of nitrogens with zero attached hydrogens (tertiary/aromatic N) is 1. The zero-order valence-electron chi connectivity index (χ0n) is 17.4. The molecule has 0 saturated heterocycles. The number of hydrogen-bond donors (Lipinski definition) is 2. The van der Waals surface area contributed by atoms with Crippen LogP contribution >= 0.6 is 0 Å². The predicted molar refractivity (Wildman–Crippen MR) is 93.8 cm³/mol. The zero-order valence-corrected chi connectivity index (χ0v) is 17.4. The Balaban J connectivity index is 6.75. The van der Waals surface area contributed by atoms with Crippen LogP contribution in [0.3, 0.4) is 0 Å². The van der Waals surface area contributed by atoms with Gasteiger partial charge in [0, 0.05) is 6.54 Å². The third-order valence-corrected chi connectivity index (χ3v) is 4.69. The molecule has 0 rings (SSSR count). The van der Waals surface area contributed by atoms with Crippen molar-refractivity contribution >= 4 is 17.8 Å². The van der Waals surface area contributed by atoms with Crippen LogP contribution in [0.15, 0.2) is 0 Å². The van der Waals surface area contributed by atoms with E-state index in [4.69, 9.17) is 5.11 Å². The molecule has 13 heteroatoms. The Kier molecular flexibility index (Phi) is 9.35. The molecule has 2 N–H and O–H groups in total. The lowest BCUT2D eigenvalue weighted by molar-refractivity contribution is -0.346. The van der Waals surface area contributed by atoms with E-state index < -0.39 is 66.7 Å². The number of carboxylic acids is 2. The highest BCUT2D eigenvalue weighted by Gasteiger charge is 2.77. The molecule has 31 heavy (non-hydrogen) atoms. The van der Waals surface area contributed by atoms with Gasteiger partial charge in [-0.15, -0.1) is 0 Å². The minimum absolute atomic E-state index is 0.133. The average molecular weight is 469 g/mol. The number of aliphatic carboxylic acids is 2. The fourth-order valence-electron chi connectivity index (χ4n) is 2.77. The smallest absolute Gasteiger partial charge is 0.460 e. The van der Waals surface area contributed by atoms with Gasteiger partial charge in [0.05, 0.1) is 6.42 Å². The fraction of sp³-hybridized carbons (Fsp3) is 0.833. The molecule has 182 valence electrons. The zero-order chi connectivity index (χ0) is 25.0. The third-order valence-electron chi connectivity index (χ3n) is 4.69. The van der Waals surface area contributed by atoms with Gasteiger partial charge in [-0.1, -0.05) is 27.7 Å². The quantitative estimate of drug-likeness (QED) is 0.413. The van der Waals surface area contributed by atoms with E-state index >= 15 is 0 Å². The summed E-state index contributed by atoms with van der Waals surface area (Å²) in [6.45, 7) is 5.15. The van der Waals surface area contributed by atoms with E-state index in [1.54, 1.807) is 13.8 Å². The van der Waals surface area contributed by atoms with Gasteiger partial charge in [-0.25, -0.2) is 4.79 Å². The molecule has 0 unspecified atom stereocenters. The molecule has 0 aromatic rings. The molecular weight excluding hydrogens is 443 g/mol. The number of halogens is 7. The second-order valence-electron chi connectivity index (χ2n) is 8.13. The highest BCUT2D eigenvalue weighted by atomic mass is 19.4. The van der Waals surface area contributed by atoms with E-state index in [1.165, 1.54) is 13.8 Å². The Labute approximate surface area is 174 Å². The summed E-state index contributed by atoms with van der Waals surface area (Å²) in [5.74, 6) is -21.0. The van der Waals surface area contributed by atoms with Crippen molar-refractivity contribution in [1.82, 2.24) is 4.90 Å². The summed E-state index contributed by atoms with van der Waals surface area (Å²) in [7, 11) is 0. The summed E-state index contributed by atoms with van der Waals surface area (Å²) in [4.78, 5) is 35.4. The van der Waals surface area contributed by atoms with Gasteiger partial charge in [0.25, 0.3) is 0 Å². The lowest BCUT2D eigenvalue weighted by Crippen LogP contribution is -2.67. The number of carbonyl (C=O) groups excluding carboxylic acids is 1. The maximum atomic E-state index is 14.2. The van der Waals surface area contributed by atoms with Crippen LogP contribution in [0, 0.1) is 11.8 Å². The standard InChI is InChI=1S/C18H26F7NO5/c1-10(2)5-7-15(14(30)31,9-12(27)28)26(8-6-11(3)4)13(29)16(19,20)17(21,22)18(23,24)25/h10-11H,5-9H2,1-4H3,(H,27,28)(H,30,31)/t15-/m0/s1. The molecule has 0 aromatic carbocycles. The van der Waals surface area contributed by atoms with Crippen molar-refractivity contribution < 1.29 is 55.3 Å². The van der Waals surface area contributed by atoms with Gasteiger partial charge in [0.15, 0.2) is 5.54 Å². The maximum absolute atomic E-state index is 14.2. The van der Waals surface area contributed by atoms with Crippen LogP contribution in [-0.4, -0.2) is 63.1 Å². The molecule has 0 spiro atoms. The number of hydrogen-bond acceptors (Lipinski definition) is 3. The van der Waals surface area contributed by atoms with E-state index in [2.05, 4.69) is 0 Å². The van der Waals surface area contributed by atoms with E-state index in [0.717, 1.165) is 0 Å². The number of rotatable bonds is 12. The molecule has 0 aromatic heterocycles. The van der Waals surface area contributed by atoms with Crippen molar-refractivity contribution in [1.29, 1.82) is 0 Å². The van der Waals surface area contributed by atoms with Crippen LogP contribution in [0.4, 0.5) is 30.7 Å². The van der Waals surface area contributed by atoms with Gasteiger partial charge in [-0.05, 0) is 31.1 Å². The van der Waals surface area contributed by atoms with Gasteiger partial charge in [-0.3, -0.25) is 9.59 Å². The van der Waals surface area contributed by atoms with Crippen LogP contribution in [0.2, 0.25) is 0 Å². The molecule has 0 aliphatic heterocycles. The van der Waals surface area contributed by atoms with Crippen LogP contribution in [-0.2, 0) is 14.4 Å². The van der Waals surface area contributed by atoms with Gasteiger partial charge >= 0.3 is 35.9 Å². The van der Waals surface area contributed by atoms with Gasteiger partial charge in [-0.2, -0.15) is 30.7 Å². The van der Waals surface area contributed by atoms with E-state index in [1.807, 2.05) is 0 Å². The highest BCUT2D eigenvalue weighted by Crippen LogP contribution is 2.48. The first-order valence-corrected chi connectivity index (χ1v) is 9.33. The minimum Gasteiger partial charge on any atom is -0.481 e. The number of alkyl halides is 7. The second kappa shape index (κ2) is 10.0. The van der Waals surface area contributed by atoms with Gasteiger partial charge < -0.3 is 15.1 Å². The Morgan fingerprint density at radius 3 is 1.61 bits per heavy atom. The van der Waals surface area contributed by atoms with Crippen LogP contribution in [0.1, 0.15) is 53.4 Å². The van der Waals surface area contributed by atoms with Gasteiger partial charge in [0.1, 0.15) is 0 Å². The van der Waals surface area contributed by atoms with Crippen LogP contribution < -0.4 is 0 Å². The van der Waals surface area contributed by atoms with E-state index in [-0.39, 0.29) is 23.7 Å². The van der Waals surface area contributed by atoms with Crippen molar-refractivity contribution in [3.8, 4) is 0 Å². The highest BCUT2D eigenvalue weighted by molar-refractivity contribution is 5.93. The summed E-state index contributed by atoms with van der Waals surface area (Å²) in [5, 5.41) is 18.8. The number of carbonyl (C=O) groups is 3. The van der Waals surface area contributed by atoms with Crippen molar-refractivity contribution in [3.05, 3.63) is 0 Å². The summed E-state index contributed by atoms with van der Waals surface area (Å²) in [6, 6.07) is 0. The molecule has 0 radical (unpaired) electrons. The first-order chi connectivity index (χ1) is 13.7. The lowest BCUT2D eigenvalue weighted by Gasteiger charge is -2.43. The van der Waals surface area contributed by atoms with Crippen molar-refractivity contribution in [2.75, 3.05) is 6.54 Å². The Bertz CT molecular complexity index is 664. The molecule has 0 fully saturated rings. The molecule has 6 nitrogen and oxygen atoms in total. The van der Waals surface area contributed by atoms with E-state index in [0.29, 0.717) is 0 Å². The number of carboxylic acid groups (broad SMARTS) is 2. The summed E-state index contributed by atoms with van der Waals surface area (Å²) in [6.07, 6.45) is -9.41. The molecular formula is C18H26F7NO5. The molecule has 0 heterocycles. The largest absolute Gasteiger partial charge is 0.481 e. The molecule has 0 aliphatic rings. The average Bonchev–Trinajstić information content (AvgIpc) is 2.56. The van der Waals surface area contributed by atoms with E-state index in [9.17, 15) is 50.2 Å². The number of amides is 1. The summed E-state index contributed by atoms with van der Waals surface area (Å²) < 4.78 is 93.1. The molecule has 0 bridgehead atoms. The molecule has 0 saturated carbocycles. The lowest BCUT2D eigenvalue weighted by atomic mass is 9.84. The predicted octanol–water partition coefficient (Wildman–Crippen LogP) is 4.43. The SMILES string of the molecule is CC(C)CCN(C(=O)C(F)(F)C(F)(F)C(F)(F)F)[C@@](CCC(C)C)(CC(=O)O)C(=O)O. The van der Waals surface area contributed by atoms with Crippen molar-refractivity contribution in [2.24, 2.45) is 11.8 Å². The maximum Gasteiger partial charge on any atom is 0.460 e. The van der Waals surface area contributed by atoms with Crippen molar-refractivity contribution in [2.45, 2.75) is 76.9 Å².